The maximum Gasteiger partial charge on any atom is 0.328 e. The van der Waals surface area contributed by atoms with Crippen LogP contribution in [0, 0.1) is 0 Å². The Kier molecular flexibility index (Phi) is 9.11. The molecule has 1 atom stereocenters. The zero-order chi connectivity index (χ0) is 20.5. The maximum atomic E-state index is 12.5. The standard InChI is InChI=1S/C20H28BrN3O4/c1-5-26-19(25)18(20(27-6-2)28-7-3)24-12-14-11-23-17-13(10-22-4)8-9-15(21)16(14)17/h8-11,18,20,23-24H,5-7,12H2,1-4H3. The van der Waals surface area contributed by atoms with Crippen molar-refractivity contribution in [2.45, 2.75) is 39.6 Å². The number of hydrogen-bond acceptors (Lipinski definition) is 6. The predicted molar refractivity (Wildman–Crippen MR) is 114 cm³/mol. The van der Waals surface area contributed by atoms with Crippen molar-refractivity contribution in [3.63, 3.8) is 0 Å². The van der Waals surface area contributed by atoms with Gasteiger partial charge in [-0.3, -0.25) is 15.1 Å². The highest BCUT2D eigenvalue weighted by atomic mass is 79.9. The van der Waals surface area contributed by atoms with Gasteiger partial charge in [-0.2, -0.15) is 0 Å². The first-order chi connectivity index (χ1) is 13.6. The molecule has 0 bridgehead atoms. The molecule has 7 nitrogen and oxygen atoms in total. The topological polar surface area (TPSA) is 84.9 Å². The predicted octanol–water partition coefficient (Wildman–Crippen LogP) is 3.40. The molecule has 2 N–H and O–H groups in total. The molecule has 0 amide bonds. The average Bonchev–Trinajstić information content (AvgIpc) is 3.10. The van der Waals surface area contributed by atoms with Crippen molar-refractivity contribution in [2.75, 3.05) is 26.9 Å². The summed E-state index contributed by atoms with van der Waals surface area (Å²) in [6.07, 6.45) is 3.02. The number of nitrogens with zero attached hydrogens (tertiary/aromatic N) is 1. The number of fused-ring (bicyclic) bond motifs is 1. The highest BCUT2D eigenvalue weighted by Gasteiger charge is 2.31. The van der Waals surface area contributed by atoms with Crippen LogP contribution in [0.2, 0.25) is 0 Å². The molecule has 154 valence electrons. The van der Waals surface area contributed by atoms with Gasteiger partial charge >= 0.3 is 5.97 Å². The van der Waals surface area contributed by atoms with Crippen molar-refractivity contribution in [1.29, 1.82) is 0 Å². The summed E-state index contributed by atoms with van der Waals surface area (Å²) >= 11 is 3.62. The van der Waals surface area contributed by atoms with Crippen LogP contribution in [0.25, 0.3) is 10.9 Å². The number of carbonyl (C=O) groups is 1. The molecule has 1 aromatic carbocycles. The molecule has 1 heterocycles. The highest BCUT2D eigenvalue weighted by Crippen LogP contribution is 2.29. The average molecular weight is 454 g/mol. The SMILES string of the molecule is CCOC(=O)C(NCc1c[nH]c2c(C=NC)ccc(Br)c12)C(OCC)OCC. The Morgan fingerprint density at radius 1 is 1.25 bits per heavy atom. The number of aliphatic imine (C=N–C) groups is 1. The third kappa shape index (κ3) is 5.41. The van der Waals surface area contributed by atoms with Gasteiger partial charge in [-0.1, -0.05) is 22.0 Å². The van der Waals surface area contributed by atoms with E-state index in [9.17, 15) is 4.79 Å². The molecule has 0 radical (unpaired) electrons. The lowest BCUT2D eigenvalue weighted by molar-refractivity contribution is -0.179. The van der Waals surface area contributed by atoms with Gasteiger partial charge in [0.2, 0.25) is 0 Å². The van der Waals surface area contributed by atoms with E-state index >= 15 is 0 Å². The fourth-order valence-corrected chi connectivity index (χ4v) is 3.58. The van der Waals surface area contributed by atoms with Crippen LogP contribution in [0.4, 0.5) is 0 Å². The second kappa shape index (κ2) is 11.3. The van der Waals surface area contributed by atoms with Crippen molar-refractivity contribution in [3.8, 4) is 0 Å². The summed E-state index contributed by atoms with van der Waals surface area (Å²) < 4.78 is 17.4. The zero-order valence-electron chi connectivity index (χ0n) is 16.8. The summed E-state index contributed by atoms with van der Waals surface area (Å²) in [4.78, 5) is 19.9. The van der Waals surface area contributed by atoms with Crippen LogP contribution in [0.15, 0.2) is 27.8 Å². The second-order valence-electron chi connectivity index (χ2n) is 5.98. The van der Waals surface area contributed by atoms with Crippen LogP contribution in [-0.4, -0.2) is 56.4 Å². The summed E-state index contributed by atoms with van der Waals surface area (Å²) in [6.45, 7) is 7.09. The van der Waals surface area contributed by atoms with Gasteiger partial charge in [0.25, 0.3) is 0 Å². The molecule has 1 unspecified atom stereocenters. The van der Waals surface area contributed by atoms with E-state index in [1.54, 1.807) is 14.0 Å². The first-order valence-corrected chi connectivity index (χ1v) is 10.2. The van der Waals surface area contributed by atoms with Crippen molar-refractivity contribution < 1.29 is 19.0 Å². The van der Waals surface area contributed by atoms with Gasteiger partial charge in [0.15, 0.2) is 12.3 Å². The minimum absolute atomic E-state index is 0.292. The molecule has 0 spiro atoms. The Morgan fingerprint density at radius 2 is 1.96 bits per heavy atom. The maximum absolute atomic E-state index is 12.5. The van der Waals surface area contributed by atoms with Crippen LogP contribution in [-0.2, 0) is 25.5 Å². The normalized spacial score (nSPS) is 12.9. The number of hydrogen-bond donors (Lipinski definition) is 2. The molecule has 28 heavy (non-hydrogen) atoms. The summed E-state index contributed by atoms with van der Waals surface area (Å²) in [6, 6.07) is 3.25. The minimum atomic E-state index is -0.732. The Balaban J connectivity index is 2.29. The van der Waals surface area contributed by atoms with E-state index in [0.29, 0.717) is 26.4 Å². The van der Waals surface area contributed by atoms with E-state index in [1.165, 1.54) is 0 Å². The number of esters is 1. The van der Waals surface area contributed by atoms with Gasteiger partial charge in [0.1, 0.15) is 0 Å². The molecule has 0 aliphatic heterocycles. The van der Waals surface area contributed by atoms with Gasteiger partial charge in [-0.15, -0.1) is 0 Å². The number of nitrogens with one attached hydrogen (secondary N) is 2. The molecule has 1 aromatic heterocycles. The lowest BCUT2D eigenvalue weighted by Gasteiger charge is -2.26. The second-order valence-corrected chi connectivity index (χ2v) is 6.83. The number of carbonyl (C=O) groups excluding carboxylic acids is 1. The van der Waals surface area contributed by atoms with Gasteiger partial charge in [-0.05, 0) is 32.4 Å². The monoisotopic (exact) mass is 453 g/mol. The minimum Gasteiger partial charge on any atom is -0.465 e. The van der Waals surface area contributed by atoms with Crippen molar-refractivity contribution >= 4 is 39.0 Å². The van der Waals surface area contributed by atoms with Crippen molar-refractivity contribution in [1.82, 2.24) is 10.3 Å². The number of H-pyrrole nitrogens is 1. The van der Waals surface area contributed by atoms with Gasteiger partial charge in [0.05, 0.1) is 12.1 Å². The van der Waals surface area contributed by atoms with E-state index in [1.807, 2.05) is 38.4 Å². The van der Waals surface area contributed by atoms with Crippen LogP contribution < -0.4 is 5.32 Å². The summed E-state index contributed by atoms with van der Waals surface area (Å²) in [5.74, 6) is -0.396. The first-order valence-electron chi connectivity index (χ1n) is 9.41. The molecule has 2 aromatic rings. The zero-order valence-corrected chi connectivity index (χ0v) is 18.3. The van der Waals surface area contributed by atoms with Crippen LogP contribution >= 0.6 is 15.9 Å². The Bertz CT molecular complexity index is 800. The smallest absolute Gasteiger partial charge is 0.328 e. The fourth-order valence-electron chi connectivity index (χ4n) is 2.99. The number of aromatic amines is 1. The molecule has 0 saturated heterocycles. The van der Waals surface area contributed by atoms with Crippen LogP contribution in [0.5, 0.6) is 0 Å². The Hall–Kier alpha value is -1.74. The van der Waals surface area contributed by atoms with Gasteiger partial charge < -0.3 is 19.2 Å². The molecule has 0 aliphatic rings. The number of rotatable bonds is 11. The molecule has 0 aliphatic carbocycles. The van der Waals surface area contributed by atoms with E-state index in [2.05, 4.69) is 31.2 Å². The number of ether oxygens (including phenoxy) is 3. The molecule has 2 rings (SSSR count). The van der Waals surface area contributed by atoms with E-state index in [4.69, 9.17) is 14.2 Å². The Morgan fingerprint density at radius 3 is 2.57 bits per heavy atom. The van der Waals surface area contributed by atoms with Crippen molar-refractivity contribution in [2.24, 2.45) is 4.99 Å². The van der Waals surface area contributed by atoms with Crippen LogP contribution in [0.1, 0.15) is 31.9 Å². The van der Waals surface area contributed by atoms with E-state index in [0.717, 1.165) is 26.5 Å². The quantitative estimate of drug-likeness (QED) is 0.309. The van der Waals surface area contributed by atoms with Crippen LogP contribution in [0.3, 0.4) is 0 Å². The third-order valence-corrected chi connectivity index (χ3v) is 4.81. The van der Waals surface area contributed by atoms with Crippen molar-refractivity contribution in [3.05, 3.63) is 33.9 Å². The number of aromatic nitrogens is 1. The lowest BCUT2D eigenvalue weighted by Crippen LogP contribution is -2.49. The molecule has 8 heteroatoms. The molecule has 0 fully saturated rings. The molecular weight excluding hydrogens is 426 g/mol. The van der Waals surface area contributed by atoms with Gasteiger partial charge in [0, 0.05) is 54.6 Å². The molecule has 0 saturated carbocycles. The number of benzene rings is 1. The Labute approximate surface area is 174 Å². The largest absolute Gasteiger partial charge is 0.465 e. The molecular formula is C20H28BrN3O4. The number of halogens is 1. The van der Waals surface area contributed by atoms with E-state index in [-0.39, 0.29) is 0 Å². The summed E-state index contributed by atoms with van der Waals surface area (Å²) in [5.41, 5.74) is 2.99. The fraction of sp³-hybridized carbons (Fsp3) is 0.500. The first kappa shape index (κ1) is 22.5. The third-order valence-electron chi connectivity index (χ3n) is 4.15. The van der Waals surface area contributed by atoms with Gasteiger partial charge in [-0.25, -0.2) is 0 Å². The van der Waals surface area contributed by atoms with E-state index < -0.39 is 18.3 Å². The lowest BCUT2D eigenvalue weighted by atomic mass is 10.1. The summed E-state index contributed by atoms with van der Waals surface area (Å²) in [5, 5.41) is 4.29. The highest BCUT2D eigenvalue weighted by molar-refractivity contribution is 9.10. The summed E-state index contributed by atoms with van der Waals surface area (Å²) in [7, 11) is 1.74.